The molecular weight excluding hydrogens is 387 g/mol. The minimum absolute atomic E-state index is 0.0272. The normalized spacial score (nSPS) is 22.3. The van der Waals surface area contributed by atoms with E-state index in [1.54, 1.807) is 0 Å². The van der Waals surface area contributed by atoms with Crippen LogP contribution >= 0.6 is 22.6 Å². The molecule has 1 aliphatic carbocycles. The van der Waals surface area contributed by atoms with Crippen LogP contribution < -0.4 is 11.1 Å². The second kappa shape index (κ2) is 5.62. The zero-order chi connectivity index (χ0) is 15.0. The highest BCUT2D eigenvalue weighted by atomic mass is 127. The van der Waals surface area contributed by atoms with Gasteiger partial charge in [-0.1, -0.05) is 0 Å². The van der Waals surface area contributed by atoms with Gasteiger partial charge in [0.1, 0.15) is 15.8 Å². The highest BCUT2D eigenvalue weighted by Gasteiger charge is 2.26. The van der Waals surface area contributed by atoms with E-state index in [9.17, 15) is 4.79 Å². The van der Waals surface area contributed by atoms with Crippen LogP contribution in [0.1, 0.15) is 31.7 Å². The summed E-state index contributed by atoms with van der Waals surface area (Å²) >= 11 is 2.14. The van der Waals surface area contributed by atoms with Crippen LogP contribution in [0.3, 0.4) is 0 Å². The number of fused-ring (bicyclic) bond motifs is 1. The Morgan fingerprint density at radius 2 is 2.10 bits per heavy atom. The van der Waals surface area contributed by atoms with Crippen LogP contribution in [0, 0.1) is 3.70 Å². The number of carboxylic acid groups (broad SMARTS) is 1. The smallest absolute Gasteiger partial charge is 0.404 e. The van der Waals surface area contributed by atoms with Gasteiger partial charge in [-0.05, 0) is 48.3 Å². The van der Waals surface area contributed by atoms with Crippen molar-refractivity contribution in [1.29, 1.82) is 0 Å². The maximum Gasteiger partial charge on any atom is 0.404 e. The fourth-order valence-corrected chi connectivity index (χ4v) is 3.60. The van der Waals surface area contributed by atoms with Crippen LogP contribution in [0.2, 0.25) is 0 Å². The summed E-state index contributed by atoms with van der Waals surface area (Å²) in [5.41, 5.74) is 6.64. The molecule has 1 aliphatic rings. The number of halogens is 1. The highest BCUT2D eigenvalue weighted by molar-refractivity contribution is 14.1. The Hall–Kier alpha value is -1.65. The molecule has 1 fully saturated rings. The molecule has 4 N–H and O–H groups in total. The average Bonchev–Trinajstić information content (AvgIpc) is 2.78. The van der Waals surface area contributed by atoms with Crippen LogP contribution in [-0.2, 0) is 0 Å². The molecule has 2 aromatic heterocycles. The second-order valence-corrected chi connectivity index (χ2v) is 6.17. The average molecular weight is 402 g/mol. The lowest BCUT2D eigenvalue weighted by molar-refractivity contribution is 0.182. The zero-order valence-electron chi connectivity index (χ0n) is 11.2. The topological polar surface area (TPSA) is 119 Å². The summed E-state index contributed by atoms with van der Waals surface area (Å²) < 4.78 is 2.71. The quantitative estimate of drug-likeness (QED) is 0.659. The van der Waals surface area contributed by atoms with Gasteiger partial charge in [-0.25, -0.2) is 19.4 Å². The molecule has 2 aromatic rings. The fraction of sp³-hybridized carbons (Fsp3) is 0.500. The van der Waals surface area contributed by atoms with Crippen LogP contribution in [-0.4, -0.2) is 37.0 Å². The minimum Gasteiger partial charge on any atom is -0.465 e. The number of nitrogens with two attached hydrogens (primary N) is 1. The van der Waals surface area contributed by atoms with E-state index in [0.29, 0.717) is 5.82 Å². The number of nitrogens with zero attached hydrogens (tertiary/aromatic N) is 4. The van der Waals surface area contributed by atoms with Gasteiger partial charge in [-0.15, -0.1) is 0 Å². The van der Waals surface area contributed by atoms with E-state index in [2.05, 4.69) is 43.0 Å². The Morgan fingerprint density at radius 1 is 1.38 bits per heavy atom. The number of hydrogen-bond donors (Lipinski definition) is 3. The summed E-state index contributed by atoms with van der Waals surface area (Å²) in [6, 6.07) is 0.247. The molecule has 112 valence electrons. The first-order valence-electron chi connectivity index (χ1n) is 6.70. The first-order valence-corrected chi connectivity index (χ1v) is 7.77. The molecular formula is C12H15IN6O2. The first kappa shape index (κ1) is 14.3. The highest BCUT2D eigenvalue weighted by Crippen LogP contribution is 2.32. The van der Waals surface area contributed by atoms with Gasteiger partial charge in [0.15, 0.2) is 5.65 Å². The number of nitrogens with one attached hydrogen (secondary N) is 1. The van der Waals surface area contributed by atoms with Gasteiger partial charge in [0.25, 0.3) is 0 Å². The number of aromatic nitrogens is 4. The van der Waals surface area contributed by atoms with Gasteiger partial charge in [0, 0.05) is 6.04 Å². The predicted octanol–water partition coefficient (Wildman–Crippen LogP) is 1.76. The molecule has 1 saturated carbocycles. The minimum atomic E-state index is -0.960. The number of anilines is 1. The van der Waals surface area contributed by atoms with Crippen molar-refractivity contribution in [3.8, 4) is 0 Å². The third-order valence-electron chi connectivity index (χ3n) is 3.85. The largest absolute Gasteiger partial charge is 0.465 e. The molecule has 3 rings (SSSR count). The summed E-state index contributed by atoms with van der Waals surface area (Å²) in [6.45, 7) is 0. The van der Waals surface area contributed by atoms with Crippen molar-refractivity contribution in [2.24, 2.45) is 0 Å². The van der Waals surface area contributed by atoms with Crippen LogP contribution in [0.4, 0.5) is 10.6 Å². The van der Waals surface area contributed by atoms with Gasteiger partial charge in [-0.3, -0.25) is 0 Å². The van der Waals surface area contributed by atoms with E-state index in [0.717, 1.165) is 40.4 Å². The molecule has 0 radical (unpaired) electrons. The third-order valence-corrected chi connectivity index (χ3v) is 4.60. The van der Waals surface area contributed by atoms with Crippen molar-refractivity contribution in [3.63, 3.8) is 0 Å². The van der Waals surface area contributed by atoms with Crippen LogP contribution in [0.5, 0.6) is 0 Å². The molecule has 0 bridgehead atoms. The maximum atomic E-state index is 10.7. The molecule has 0 spiro atoms. The van der Waals surface area contributed by atoms with Crippen molar-refractivity contribution >= 4 is 45.5 Å². The van der Waals surface area contributed by atoms with E-state index in [-0.39, 0.29) is 12.1 Å². The molecule has 9 heteroatoms. The molecule has 21 heavy (non-hydrogen) atoms. The van der Waals surface area contributed by atoms with E-state index in [1.807, 2.05) is 4.68 Å². The Balaban J connectivity index is 1.83. The summed E-state index contributed by atoms with van der Waals surface area (Å²) in [5, 5.41) is 16.6. The Morgan fingerprint density at radius 3 is 2.76 bits per heavy atom. The Bertz CT molecular complexity index is 680. The van der Waals surface area contributed by atoms with Crippen molar-refractivity contribution in [3.05, 3.63) is 10.0 Å². The molecule has 2 heterocycles. The molecule has 8 nitrogen and oxygen atoms in total. The maximum absolute atomic E-state index is 10.7. The Labute approximate surface area is 134 Å². The van der Waals surface area contributed by atoms with Crippen molar-refractivity contribution in [2.75, 3.05) is 5.73 Å². The Kier molecular flexibility index (Phi) is 3.83. The monoisotopic (exact) mass is 402 g/mol. The lowest BCUT2D eigenvalue weighted by Crippen LogP contribution is -2.37. The van der Waals surface area contributed by atoms with Crippen LogP contribution in [0.15, 0.2) is 6.33 Å². The molecule has 0 saturated heterocycles. The zero-order valence-corrected chi connectivity index (χ0v) is 13.3. The van der Waals surface area contributed by atoms with Gasteiger partial charge in [0.2, 0.25) is 0 Å². The van der Waals surface area contributed by atoms with Crippen molar-refractivity contribution in [1.82, 2.24) is 25.1 Å². The summed E-state index contributed by atoms with van der Waals surface area (Å²) in [5.74, 6) is 0.442. The number of hydrogen-bond acceptors (Lipinski definition) is 5. The van der Waals surface area contributed by atoms with Gasteiger partial charge < -0.3 is 16.2 Å². The number of nitrogen functional groups attached to an aromatic ring is 1. The first-order chi connectivity index (χ1) is 10.1. The van der Waals surface area contributed by atoms with Crippen LogP contribution in [0.25, 0.3) is 11.0 Å². The van der Waals surface area contributed by atoms with E-state index >= 15 is 0 Å². The number of carbonyl (C=O) groups is 1. The molecule has 1 amide bonds. The number of rotatable bonds is 2. The lowest BCUT2D eigenvalue weighted by atomic mass is 9.91. The predicted molar refractivity (Wildman–Crippen MR) is 84.9 cm³/mol. The molecule has 0 aliphatic heterocycles. The SMILES string of the molecule is Nc1ncnc2c1c(I)nn2[C@H]1CC[C@H](NC(=O)O)CC1. The van der Waals surface area contributed by atoms with E-state index in [4.69, 9.17) is 10.8 Å². The number of amides is 1. The van der Waals surface area contributed by atoms with Gasteiger partial charge in [0.05, 0.1) is 11.4 Å². The second-order valence-electron chi connectivity index (χ2n) is 5.15. The fourth-order valence-electron chi connectivity index (χ4n) is 2.85. The van der Waals surface area contributed by atoms with E-state index in [1.165, 1.54) is 6.33 Å². The molecule has 0 atom stereocenters. The van der Waals surface area contributed by atoms with Gasteiger partial charge in [-0.2, -0.15) is 5.10 Å². The summed E-state index contributed by atoms with van der Waals surface area (Å²) in [7, 11) is 0. The molecule has 0 aromatic carbocycles. The van der Waals surface area contributed by atoms with Gasteiger partial charge >= 0.3 is 6.09 Å². The van der Waals surface area contributed by atoms with Crippen molar-refractivity contribution < 1.29 is 9.90 Å². The standard InChI is InChI=1S/C12H15IN6O2/c13-9-8-10(14)15-5-16-11(8)19(18-9)7-3-1-6(2-4-7)17-12(20)21/h5-7,17H,1-4H2,(H,20,21)(H2,14,15,16)/t6-,7-. The van der Waals surface area contributed by atoms with E-state index < -0.39 is 6.09 Å². The summed E-state index contributed by atoms with van der Waals surface area (Å²) in [4.78, 5) is 19.0. The third kappa shape index (κ3) is 2.74. The molecule has 0 unspecified atom stereocenters. The lowest BCUT2D eigenvalue weighted by Gasteiger charge is -2.28. The summed E-state index contributed by atoms with van der Waals surface area (Å²) in [6.07, 6.45) is 3.82. The van der Waals surface area contributed by atoms with Crippen molar-refractivity contribution in [2.45, 2.75) is 37.8 Å².